The van der Waals surface area contributed by atoms with Crippen LogP contribution in [0.15, 0.2) is 48.5 Å². The average molecular weight is 426 g/mol. The molecule has 0 fully saturated rings. The van der Waals surface area contributed by atoms with Crippen molar-refractivity contribution in [1.82, 2.24) is 0 Å². The Bertz CT molecular complexity index is 1440. The van der Waals surface area contributed by atoms with E-state index in [4.69, 9.17) is 11.5 Å². The summed E-state index contributed by atoms with van der Waals surface area (Å²) < 4.78 is 0. The molecule has 0 bridgehead atoms. The zero-order chi connectivity index (χ0) is 22.9. The van der Waals surface area contributed by atoms with Gasteiger partial charge in [-0.05, 0) is 56.6 Å². The molecule has 0 aliphatic heterocycles. The van der Waals surface area contributed by atoms with E-state index in [0.717, 1.165) is 0 Å². The highest BCUT2D eigenvalue weighted by atomic mass is 16.4. The Kier molecular flexibility index (Phi) is 3.84. The molecule has 2 amide bonds. The third-order valence-corrected chi connectivity index (χ3v) is 5.89. The number of rotatable bonds is 4. The number of fused-ring (bicyclic) bond motifs is 2. The Labute approximate surface area is 179 Å². The second-order valence-corrected chi connectivity index (χ2v) is 7.48. The summed E-state index contributed by atoms with van der Waals surface area (Å²) in [5.74, 6) is -3.95. The summed E-state index contributed by atoms with van der Waals surface area (Å²) in [7, 11) is 0. The van der Waals surface area contributed by atoms with Crippen LogP contribution >= 0.6 is 0 Å². The van der Waals surface area contributed by atoms with Crippen LogP contribution in [0.3, 0.4) is 0 Å². The van der Waals surface area contributed by atoms with Crippen LogP contribution in [0.4, 0.5) is 0 Å². The van der Waals surface area contributed by atoms with Crippen molar-refractivity contribution in [2.24, 2.45) is 11.5 Å². The Morgan fingerprint density at radius 3 is 1.00 bits per heavy atom. The van der Waals surface area contributed by atoms with E-state index in [2.05, 4.69) is 0 Å². The Hall–Kier alpha value is -4.72. The predicted octanol–water partition coefficient (Wildman–Crippen LogP) is 3.33. The number of carbonyl (C=O) groups excluding carboxylic acids is 2. The molecule has 0 unspecified atom stereocenters. The number of primary amides is 2. The molecule has 156 valence electrons. The molecule has 0 radical (unpaired) electrons. The first-order valence-corrected chi connectivity index (χ1v) is 9.48. The summed E-state index contributed by atoms with van der Waals surface area (Å²) in [6.07, 6.45) is 0. The molecule has 8 heteroatoms. The van der Waals surface area contributed by atoms with Crippen LogP contribution in [0.5, 0.6) is 0 Å². The van der Waals surface area contributed by atoms with E-state index >= 15 is 0 Å². The van der Waals surface area contributed by atoms with Gasteiger partial charge in [0.15, 0.2) is 0 Å². The van der Waals surface area contributed by atoms with E-state index in [1.54, 1.807) is 24.3 Å². The van der Waals surface area contributed by atoms with Gasteiger partial charge in [0.2, 0.25) is 11.8 Å². The van der Waals surface area contributed by atoms with Crippen LogP contribution in [0.25, 0.3) is 43.1 Å². The fraction of sp³-hybridized carbons (Fsp3) is 0. The van der Waals surface area contributed by atoms with E-state index in [0.29, 0.717) is 32.3 Å². The van der Waals surface area contributed by atoms with E-state index in [1.165, 1.54) is 24.3 Å². The maximum atomic E-state index is 12.1. The molecule has 0 aliphatic rings. The lowest BCUT2D eigenvalue weighted by molar-refractivity contribution is 0.0688. The van der Waals surface area contributed by atoms with Gasteiger partial charge in [-0.15, -0.1) is 0 Å². The molecule has 8 nitrogen and oxygen atoms in total. The molecule has 32 heavy (non-hydrogen) atoms. The van der Waals surface area contributed by atoms with Gasteiger partial charge in [0.25, 0.3) is 0 Å². The van der Waals surface area contributed by atoms with Gasteiger partial charge in [-0.1, -0.05) is 24.3 Å². The first kappa shape index (κ1) is 19.3. The van der Waals surface area contributed by atoms with E-state index < -0.39 is 23.8 Å². The predicted molar refractivity (Wildman–Crippen MR) is 119 cm³/mol. The van der Waals surface area contributed by atoms with Crippen molar-refractivity contribution in [2.45, 2.75) is 0 Å². The maximum absolute atomic E-state index is 12.1. The minimum Gasteiger partial charge on any atom is -0.478 e. The lowest BCUT2D eigenvalue weighted by Crippen LogP contribution is -2.14. The van der Waals surface area contributed by atoms with E-state index in [-0.39, 0.29) is 33.0 Å². The molecule has 0 saturated carbocycles. The maximum Gasteiger partial charge on any atom is 0.336 e. The highest BCUT2D eigenvalue weighted by molar-refractivity contribution is 6.38. The van der Waals surface area contributed by atoms with E-state index in [1.807, 2.05) is 0 Å². The minimum absolute atomic E-state index is 0.0682. The molecule has 0 heterocycles. The SMILES string of the molecule is NC(=O)c1ccc2c3ccc(C(N)=O)c4c(C(=O)O)ccc(c5ccc(C(=O)O)c1c25)c43. The van der Waals surface area contributed by atoms with Crippen LogP contribution in [0, 0.1) is 0 Å². The summed E-state index contributed by atoms with van der Waals surface area (Å²) in [4.78, 5) is 48.1. The van der Waals surface area contributed by atoms with Crippen molar-refractivity contribution < 1.29 is 29.4 Å². The molecule has 0 atom stereocenters. The number of hydrogen-bond donors (Lipinski definition) is 4. The molecule has 0 aliphatic carbocycles. The standard InChI is InChI=1S/C24H14N2O6/c25-21(27)13-5-1-9-10-2-6-14(22(26)28)20-16(24(31)32)8-4-12(18(10)20)11-3-7-15(23(29)30)19(13)17(9)11/h1-8H,(H2,25,27)(H2,26,28)(H,29,30)(H,31,32). The highest BCUT2D eigenvalue weighted by Gasteiger charge is 2.24. The summed E-state index contributed by atoms with van der Waals surface area (Å²) in [6.45, 7) is 0. The van der Waals surface area contributed by atoms with Crippen molar-refractivity contribution in [1.29, 1.82) is 0 Å². The van der Waals surface area contributed by atoms with Gasteiger partial charge in [-0.25, -0.2) is 9.59 Å². The Balaban J connectivity index is 2.17. The zero-order valence-electron chi connectivity index (χ0n) is 16.3. The van der Waals surface area contributed by atoms with Gasteiger partial charge in [0.1, 0.15) is 0 Å². The smallest absolute Gasteiger partial charge is 0.336 e. The van der Waals surface area contributed by atoms with Crippen LogP contribution in [0.2, 0.25) is 0 Å². The molecular formula is C24H14N2O6. The fourth-order valence-electron chi connectivity index (χ4n) is 4.66. The number of carboxylic acids is 2. The lowest BCUT2D eigenvalue weighted by Gasteiger charge is -2.18. The summed E-state index contributed by atoms with van der Waals surface area (Å²) >= 11 is 0. The van der Waals surface area contributed by atoms with Gasteiger partial charge in [-0.3, -0.25) is 9.59 Å². The van der Waals surface area contributed by atoms with Crippen molar-refractivity contribution in [2.75, 3.05) is 0 Å². The highest BCUT2D eigenvalue weighted by Crippen LogP contribution is 2.43. The van der Waals surface area contributed by atoms with Crippen molar-refractivity contribution in [3.63, 3.8) is 0 Å². The largest absolute Gasteiger partial charge is 0.478 e. The third kappa shape index (κ3) is 2.37. The monoisotopic (exact) mass is 426 g/mol. The summed E-state index contributed by atoms with van der Waals surface area (Å²) in [6, 6.07) is 12.2. The second kappa shape index (κ2) is 6.39. The molecule has 6 N–H and O–H groups in total. The van der Waals surface area contributed by atoms with Gasteiger partial charge < -0.3 is 21.7 Å². The van der Waals surface area contributed by atoms with Crippen molar-refractivity contribution >= 4 is 66.8 Å². The van der Waals surface area contributed by atoms with Gasteiger partial charge in [0, 0.05) is 21.9 Å². The zero-order valence-corrected chi connectivity index (χ0v) is 16.3. The van der Waals surface area contributed by atoms with Crippen LogP contribution in [0.1, 0.15) is 41.4 Å². The van der Waals surface area contributed by atoms with E-state index in [9.17, 15) is 29.4 Å². The number of carbonyl (C=O) groups is 4. The normalized spacial score (nSPS) is 11.5. The molecule has 0 aromatic heterocycles. The molecule has 5 aromatic carbocycles. The quantitative estimate of drug-likeness (QED) is 0.255. The first-order valence-electron chi connectivity index (χ1n) is 9.48. The number of carboxylic acid groups (broad SMARTS) is 2. The van der Waals surface area contributed by atoms with Crippen LogP contribution in [-0.4, -0.2) is 34.0 Å². The van der Waals surface area contributed by atoms with Gasteiger partial charge >= 0.3 is 11.9 Å². The molecular weight excluding hydrogens is 412 g/mol. The molecule has 0 saturated heterocycles. The number of benzene rings is 5. The fourth-order valence-corrected chi connectivity index (χ4v) is 4.66. The Morgan fingerprint density at radius 2 is 0.750 bits per heavy atom. The number of hydrogen-bond acceptors (Lipinski definition) is 4. The average Bonchev–Trinajstić information content (AvgIpc) is 2.75. The van der Waals surface area contributed by atoms with Gasteiger partial charge in [-0.2, -0.15) is 0 Å². The summed E-state index contributed by atoms with van der Waals surface area (Å²) in [5.41, 5.74) is 11.1. The first-order chi connectivity index (χ1) is 15.2. The number of aromatic carboxylic acids is 2. The molecule has 0 spiro atoms. The minimum atomic E-state index is -1.21. The molecule has 5 rings (SSSR count). The lowest BCUT2D eigenvalue weighted by atomic mass is 9.84. The van der Waals surface area contributed by atoms with Crippen molar-refractivity contribution in [3.8, 4) is 0 Å². The van der Waals surface area contributed by atoms with Crippen LogP contribution < -0.4 is 11.5 Å². The van der Waals surface area contributed by atoms with Crippen molar-refractivity contribution in [3.05, 3.63) is 70.8 Å². The third-order valence-electron chi connectivity index (χ3n) is 5.89. The van der Waals surface area contributed by atoms with Crippen LogP contribution in [-0.2, 0) is 0 Å². The number of amides is 2. The molecule has 5 aromatic rings. The summed E-state index contributed by atoms with van der Waals surface area (Å²) in [5, 5.41) is 23.3. The topological polar surface area (TPSA) is 161 Å². The number of nitrogens with two attached hydrogens (primary N) is 2. The second-order valence-electron chi connectivity index (χ2n) is 7.48. The Morgan fingerprint density at radius 1 is 0.469 bits per heavy atom. The van der Waals surface area contributed by atoms with Gasteiger partial charge in [0.05, 0.1) is 11.1 Å².